The highest BCUT2D eigenvalue weighted by Gasteiger charge is 2.31. The van der Waals surface area contributed by atoms with E-state index in [1.165, 1.54) is 0 Å². The van der Waals surface area contributed by atoms with Crippen molar-refractivity contribution in [1.82, 2.24) is 10.6 Å². The second kappa shape index (κ2) is 9.59. The van der Waals surface area contributed by atoms with Gasteiger partial charge in [0, 0.05) is 5.02 Å². The Morgan fingerprint density at radius 1 is 1.18 bits per heavy atom. The van der Waals surface area contributed by atoms with Crippen LogP contribution in [0.2, 0.25) is 5.02 Å². The lowest BCUT2D eigenvalue weighted by Crippen LogP contribution is -2.50. The lowest BCUT2D eigenvalue weighted by atomic mass is 9.88. The second-order valence-corrected chi connectivity index (χ2v) is 7.25. The summed E-state index contributed by atoms with van der Waals surface area (Å²) >= 11 is 5.92. The van der Waals surface area contributed by atoms with Gasteiger partial charge in [0.2, 0.25) is 0 Å². The molecule has 1 heterocycles. The Kier molecular flexibility index (Phi) is 7.45. The maximum atomic E-state index is 12.8. The van der Waals surface area contributed by atoms with E-state index in [-0.39, 0.29) is 30.4 Å². The number of ether oxygens (including phenoxy) is 2. The molecule has 0 aromatic heterocycles. The zero-order chi connectivity index (χ0) is 20.8. The molecular weight excluding hydrogens is 384 g/mol. The third kappa shape index (κ3) is 5.25. The number of hydrogen-bond donors (Lipinski definition) is 2. The molecule has 0 saturated carbocycles. The van der Waals surface area contributed by atoms with Gasteiger partial charge < -0.3 is 20.1 Å². The van der Waals surface area contributed by atoms with E-state index in [2.05, 4.69) is 10.6 Å². The number of hydrogen-bond acceptors (Lipinski definition) is 5. The summed E-state index contributed by atoms with van der Waals surface area (Å²) < 4.78 is 10.5. The van der Waals surface area contributed by atoms with Crippen molar-refractivity contribution in [3.63, 3.8) is 0 Å². The Hall–Kier alpha value is -2.54. The Labute approximate surface area is 169 Å². The first kappa shape index (κ1) is 21.8. The summed E-state index contributed by atoms with van der Waals surface area (Å²) in [6.07, 6.45) is 0. The lowest BCUT2D eigenvalue weighted by Gasteiger charge is -2.27. The van der Waals surface area contributed by atoms with E-state index < -0.39 is 29.9 Å². The van der Waals surface area contributed by atoms with Crippen LogP contribution in [0.4, 0.5) is 4.79 Å². The number of carbonyl (C=O) groups excluding carboxylic acids is 3. The Morgan fingerprint density at radius 3 is 2.39 bits per heavy atom. The summed E-state index contributed by atoms with van der Waals surface area (Å²) in [6.45, 7) is 7.15. The molecule has 2 rings (SSSR count). The average Bonchev–Trinajstić information content (AvgIpc) is 2.61. The van der Waals surface area contributed by atoms with Crippen molar-refractivity contribution in [2.24, 2.45) is 5.92 Å². The SMILES string of the molecule is CCOC(=O)C1=C(COC(=O)[C@@H](c2ccc(Cl)cc2)C(C)C)NC(=O)N[C@H]1C. The van der Waals surface area contributed by atoms with Crippen LogP contribution in [0, 0.1) is 5.92 Å². The highest BCUT2D eigenvalue weighted by atomic mass is 35.5. The van der Waals surface area contributed by atoms with Gasteiger partial charge in [-0.25, -0.2) is 9.59 Å². The van der Waals surface area contributed by atoms with E-state index in [4.69, 9.17) is 21.1 Å². The minimum atomic E-state index is -0.563. The van der Waals surface area contributed by atoms with Gasteiger partial charge in [-0.05, 0) is 37.5 Å². The zero-order valence-corrected chi connectivity index (χ0v) is 17.1. The van der Waals surface area contributed by atoms with Crippen molar-refractivity contribution in [2.45, 2.75) is 39.7 Å². The number of esters is 2. The van der Waals surface area contributed by atoms with Gasteiger partial charge in [0.25, 0.3) is 0 Å². The van der Waals surface area contributed by atoms with Crippen molar-refractivity contribution < 1.29 is 23.9 Å². The summed E-state index contributed by atoms with van der Waals surface area (Å²) in [7, 11) is 0. The zero-order valence-electron chi connectivity index (χ0n) is 16.4. The molecule has 152 valence electrons. The maximum Gasteiger partial charge on any atom is 0.338 e. The fourth-order valence-corrected chi connectivity index (χ4v) is 3.22. The number of nitrogens with one attached hydrogen (secondary N) is 2. The van der Waals surface area contributed by atoms with Crippen molar-refractivity contribution in [1.29, 1.82) is 0 Å². The summed E-state index contributed by atoms with van der Waals surface area (Å²) in [4.78, 5) is 36.8. The number of benzene rings is 1. The first-order valence-corrected chi connectivity index (χ1v) is 9.52. The van der Waals surface area contributed by atoms with Gasteiger partial charge in [-0.15, -0.1) is 0 Å². The van der Waals surface area contributed by atoms with Crippen LogP contribution in [0.25, 0.3) is 0 Å². The molecule has 0 saturated heterocycles. The lowest BCUT2D eigenvalue weighted by molar-refractivity contribution is -0.146. The quantitative estimate of drug-likeness (QED) is 0.676. The van der Waals surface area contributed by atoms with E-state index in [1.807, 2.05) is 13.8 Å². The molecule has 1 aromatic carbocycles. The largest absolute Gasteiger partial charge is 0.463 e. The molecule has 28 heavy (non-hydrogen) atoms. The fraction of sp³-hybridized carbons (Fsp3) is 0.450. The number of halogens is 1. The van der Waals surface area contributed by atoms with E-state index >= 15 is 0 Å². The van der Waals surface area contributed by atoms with Crippen LogP contribution >= 0.6 is 11.6 Å². The van der Waals surface area contributed by atoms with Crippen LogP contribution in [-0.4, -0.2) is 37.2 Å². The van der Waals surface area contributed by atoms with Gasteiger partial charge in [-0.3, -0.25) is 4.79 Å². The van der Waals surface area contributed by atoms with Crippen LogP contribution in [-0.2, 0) is 19.1 Å². The van der Waals surface area contributed by atoms with E-state index in [0.717, 1.165) is 5.56 Å². The van der Waals surface area contributed by atoms with Crippen LogP contribution in [0.15, 0.2) is 35.5 Å². The highest BCUT2D eigenvalue weighted by Crippen LogP contribution is 2.27. The molecule has 0 bridgehead atoms. The van der Waals surface area contributed by atoms with Gasteiger partial charge in [0.1, 0.15) is 6.61 Å². The second-order valence-electron chi connectivity index (χ2n) is 6.81. The summed E-state index contributed by atoms with van der Waals surface area (Å²) in [5, 5.41) is 5.72. The molecule has 2 amide bonds. The van der Waals surface area contributed by atoms with Crippen molar-refractivity contribution >= 4 is 29.6 Å². The number of carbonyl (C=O) groups is 3. The highest BCUT2D eigenvalue weighted by molar-refractivity contribution is 6.30. The van der Waals surface area contributed by atoms with E-state index in [1.54, 1.807) is 38.1 Å². The van der Waals surface area contributed by atoms with Gasteiger partial charge in [0.15, 0.2) is 0 Å². The Balaban J connectivity index is 2.21. The summed E-state index contributed by atoms with van der Waals surface area (Å²) in [5.74, 6) is -1.53. The molecule has 8 heteroatoms. The van der Waals surface area contributed by atoms with Gasteiger partial charge in [0.05, 0.1) is 29.8 Å². The third-order valence-electron chi connectivity index (χ3n) is 4.37. The number of rotatable bonds is 7. The summed E-state index contributed by atoms with van der Waals surface area (Å²) in [6, 6.07) is 5.98. The van der Waals surface area contributed by atoms with Crippen molar-refractivity contribution in [3.8, 4) is 0 Å². The van der Waals surface area contributed by atoms with Crippen LogP contribution in [0.3, 0.4) is 0 Å². The van der Waals surface area contributed by atoms with Crippen molar-refractivity contribution in [2.75, 3.05) is 13.2 Å². The molecule has 0 aliphatic carbocycles. The number of urea groups is 1. The van der Waals surface area contributed by atoms with Gasteiger partial charge >= 0.3 is 18.0 Å². The van der Waals surface area contributed by atoms with E-state index in [9.17, 15) is 14.4 Å². The average molecular weight is 409 g/mol. The Bertz CT molecular complexity index is 773. The fourth-order valence-electron chi connectivity index (χ4n) is 3.09. The monoisotopic (exact) mass is 408 g/mol. The Morgan fingerprint density at radius 2 is 1.82 bits per heavy atom. The smallest absolute Gasteiger partial charge is 0.338 e. The molecular formula is C20H25ClN2O5. The molecule has 1 aliphatic rings. The summed E-state index contributed by atoms with van der Waals surface area (Å²) in [5.41, 5.74) is 1.25. The molecule has 0 unspecified atom stereocenters. The first-order valence-electron chi connectivity index (χ1n) is 9.14. The van der Waals surface area contributed by atoms with Crippen LogP contribution in [0.1, 0.15) is 39.2 Å². The molecule has 2 atom stereocenters. The number of amides is 2. The van der Waals surface area contributed by atoms with E-state index in [0.29, 0.717) is 5.02 Å². The van der Waals surface area contributed by atoms with Gasteiger partial charge in [-0.2, -0.15) is 0 Å². The van der Waals surface area contributed by atoms with Gasteiger partial charge in [-0.1, -0.05) is 37.6 Å². The van der Waals surface area contributed by atoms with Crippen LogP contribution in [0.5, 0.6) is 0 Å². The van der Waals surface area contributed by atoms with Crippen LogP contribution < -0.4 is 10.6 Å². The normalized spacial score (nSPS) is 17.6. The molecule has 2 N–H and O–H groups in total. The minimum absolute atomic E-state index is 0.0197. The molecule has 0 spiro atoms. The molecule has 0 radical (unpaired) electrons. The predicted molar refractivity (Wildman–Crippen MR) is 105 cm³/mol. The molecule has 1 aliphatic heterocycles. The minimum Gasteiger partial charge on any atom is -0.463 e. The first-order chi connectivity index (χ1) is 13.2. The molecule has 0 fully saturated rings. The maximum absolute atomic E-state index is 12.8. The topological polar surface area (TPSA) is 93.7 Å². The third-order valence-corrected chi connectivity index (χ3v) is 4.63. The standard InChI is InChI=1S/C20H25ClN2O5/c1-5-27-19(25)17-12(4)22-20(26)23-15(17)10-28-18(24)16(11(2)3)13-6-8-14(21)9-7-13/h6-9,11-12,16H,5,10H2,1-4H3,(H2,22,23,26)/t12-,16+/m0/s1. The molecule has 7 nitrogen and oxygen atoms in total. The van der Waals surface area contributed by atoms with Crippen molar-refractivity contribution in [3.05, 3.63) is 46.1 Å². The predicted octanol–water partition coefficient (Wildman–Crippen LogP) is 3.14. The molecule has 1 aromatic rings.